The number of carbonyl (C=O) groups is 1. The number of likely N-dealkylation sites (tertiary alicyclic amines) is 1. The summed E-state index contributed by atoms with van der Waals surface area (Å²) in [5.74, 6) is -0.892. The van der Waals surface area contributed by atoms with Crippen molar-refractivity contribution in [2.75, 3.05) is 25.0 Å². The van der Waals surface area contributed by atoms with E-state index in [1.807, 2.05) is 17.0 Å². The van der Waals surface area contributed by atoms with Gasteiger partial charge in [-0.05, 0) is 50.2 Å². The highest BCUT2D eigenvalue weighted by Crippen LogP contribution is 2.24. The minimum absolute atomic E-state index is 0.181. The molecule has 1 aliphatic rings. The smallest absolute Gasteiger partial charge is 0.294 e. The molecule has 1 aromatic heterocycles. The number of para-hydroxylation sites is 2. The van der Waals surface area contributed by atoms with Crippen molar-refractivity contribution in [2.24, 2.45) is 0 Å². The van der Waals surface area contributed by atoms with E-state index in [0.29, 0.717) is 11.4 Å². The summed E-state index contributed by atoms with van der Waals surface area (Å²) in [5.41, 5.74) is 0.328. The van der Waals surface area contributed by atoms with E-state index in [1.165, 1.54) is 9.36 Å². The average molecular weight is 377 g/mol. The molecule has 0 aliphatic carbocycles. The standard InChI is InChI=1S/C21H22N4O3/c26-18(15-23-13-7-8-14-23)22-19-20(27)24(16-9-3-1-4-10-16)25(21(19)28)17-11-5-2-6-12-17/h1-6,9-12,27H,7-8,13-15H2,(H,22,26)/p-1. The Morgan fingerprint density at radius 1 is 0.893 bits per heavy atom. The van der Waals surface area contributed by atoms with Crippen LogP contribution in [-0.2, 0) is 4.79 Å². The van der Waals surface area contributed by atoms with Gasteiger partial charge in [0, 0.05) is 5.88 Å². The second-order valence-electron chi connectivity index (χ2n) is 6.81. The molecule has 7 heteroatoms. The summed E-state index contributed by atoms with van der Waals surface area (Å²) >= 11 is 0. The molecule has 0 unspecified atom stereocenters. The molecule has 0 spiro atoms. The summed E-state index contributed by atoms with van der Waals surface area (Å²) in [6.07, 6.45) is 2.12. The number of aromatic nitrogens is 2. The van der Waals surface area contributed by atoms with Gasteiger partial charge < -0.3 is 10.4 Å². The minimum atomic E-state index is -0.546. The van der Waals surface area contributed by atoms with Crippen molar-refractivity contribution < 1.29 is 9.90 Å². The van der Waals surface area contributed by atoms with E-state index in [-0.39, 0.29) is 18.1 Å². The first-order chi connectivity index (χ1) is 13.6. The topological polar surface area (TPSA) is 82.3 Å². The molecule has 0 saturated carbocycles. The Labute approximate surface area is 162 Å². The van der Waals surface area contributed by atoms with Gasteiger partial charge in [-0.3, -0.25) is 19.2 Å². The summed E-state index contributed by atoms with van der Waals surface area (Å²) in [4.78, 5) is 27.5. The normalized spacial score (nSPS) is 14.3. The van der Waals surface area contributed by atoms with E-state index in [0.717, 1.165) is 25.9 Å². The van der Waals surface area contributed by atoms with Gasteiger partial charge in [0.25, 0.3) is 5.56 Å². The summed E-state index contributed by atoms with van der Waals surface area (Å²) in [6.45, 7) is 1.90. The Bertz CT molecular complexity index is 1020. The second kappa shape index (κ2) is 7.74. The molecule has 0 atom stereocenters. The van der Waals surface area contributed by atoms with Crippen molar-refractivity contribution >= 4 is 11.6 Å². The molecule has 0 radical (unpaired) electrons. The molecule has 2 heterocycles. The van der Waals surface area contributed by atoms with Gasteiger partial charge in [-0.15, -0.1) is 0 Å². The molecular weight excluding hydrogens is 356 g/mol. The Hall–Kier alpha value is -3.32. The maximum atomic E-state index is 13.1. The molecule has 0 bridgehead atoms. The summed E-state index contributed by atoms with van der Waals surface area (Å²) < 4.78 is 2.59. The zero-order chi connectivity index (χ0) is 19.5. The molecule has 1 N–H and O–H groups in total. The van der Waals surface area contributed by atoms with Crippen LogP contribution in [0.25, 0.3) is 11.4 Å². The van der Waals surface area contributed by atoms with Crippen molar-refractivity contribution in [3.05, 3.63) is 71.0 Å². The van der Waals surface area contributed by atoms with Crippen LogP contribution in [0.5, 0.6) is 5.88 Å². The lowest BCUT2D eigenvalue weighted by Crippen LogP contribution is -2.32. The third-order valence-corrected chi connectivity index (χ3v) is 4.84. The summed E-state index contributed by atoms with van der Waals surface area (Å²) in [5, 5.41) is 15.6. The molecule has 144 valence electrons. The Balaban J connectivity index is 1.76. The fraction of sp³-hybridized carbons (Fsp3) is 0.238. The quantitative estimate of drug-likeness (QED) is 0.734. The van der Waals surface area contributed by atoms with Crippen LogP contribution in [0.1, 0.15) is 12.8 Å². The lowest BCUT2D eigenvalue weighted by Gasteiger charge is -2.18. The summed E-state index contributed by atoms with van der Waals surface area (Å²) in [7, 11) is 0. The van der Waals surface area contributed by atoms with Gasteiger partial charge in [-0.25, -0.2) is 4.68 Å². The maximum Gasteiger partial charge on any atom is 0.294 e. The van der Waals surface area contributed by atoms with E-state index in [9.17, 15) is 14.7 Å². The first-order valence-corrected chi connectivity index (χ1v) is 9.33. The average Bonchev–Trinajstić information content (AvgIpc) is 3.31. The lowest BCUT2D eigenvalue weighted by atomic mass is 10.3. The lowest BCUT2D eigenvalue weighted by molar-refractivity contribution is -0.276. The third-order valence-electron chi connectivity index (χ3n) is 4.84. The molecule has 7 nitrogen and oxygen atoms in total. The molecule has 1 amide bonds. The van der Waals surface area contributed by atoms with Gasteiger partial charge in [0.1, 0.15) is 5.69 Å². The molecule has 3 aromatic rings. The monoisotopic (exact) mass is 377 g/mol. The minimum Gasteiger partial charge on any atom is -0.857 e. The zero-order valence-electron chi connectivity index (χ0n) is 15.4. The zero-order valence-corrected chi connectivity index (χ0v) is 15.4. The van der Waals surface area contributed by atoms with Crippen LogP contribution in [-0.4, -0.2) is 39.8 Å². The molecular formula is C21H21N4O3-. The van der Waals surface area contributed by atoms with Gasteiger partial charge in [-0.1, -0.05) is 36.4 Å². The van der Waals surface area contributed by atoms with E-state index >= 15 is 0 Å². The molecule has 2 aromatic carbocycles. The van der Waals surface area contributed by atoms with Crippen molar-refractivity contribution in [1.29, 1.82) is 0 Å². The van der Waals surface area contributed by atoms with Crippen LogP contribution >= 0.6 is 0 Å². The predicted octanol–water partition coefficient (Wildman–Crippen LogP) is 1.74. The van der Waals surface area contributed by atoms with Crippen molar-refractivity contribution in [1.82, 2.24) is 14.3 Å². The summed E-state index contributed by atoms with van der Waals surface area (Å²) in [6, 6.07) is 17.8. The van der Waals surface area contributed by atoms with Crippen LogP contribution in [0.4, 0.5) is 5.69 Å². The Morgan fingerprint density at radius 2 is 1.43 bits per heavy atom. The number of hydrogen-bond acceptors (Lipinski definition) is 4. The van der Waals surface area contributed by atoms with Gasteiger partial charge >= 0.3 is 0 Å². The van der Waals surface area contributed by atoms with E-state index < -0.39 is 11.4 Å². The molecule has 28 heavy (non-hydrogen) atoms. The van der Waals surface area contributed by atoms with Gasteiger partial charge in [0.05, 0.1) is 17.9 Å². The van der Waals surface area contributed by atoms with Gasteiger partial charge in [0.15, 0.2) is 0 Å². The number of hydrogen-bond donors (Lipinski definition) is 1. The first-order valence-electron chi connectivity index (χ1n) is 9.33. The molecule has 1 fully saturated rings. The van der Waals surface area contributed by atoms with Gasteiger partial charge in [0.2, 0.25) is 5.91 Å². The number of anilines is 1. The number of nitrogens with zero attached hydrogens (tertiary/aromatic N) is 3. The number of nitrogens with one attached hydrogen (secondary N) is 1. The number of rotatable bonds is 5. The molecule has 1 aliphatic heterocycles. The number of carbonyl (C=O) groups excluding carboxylic acids is 1. The first kappa shape index (κ1) is 18.1. The highest BCUT2D eigenvalue weighted by Gasteiger charge is 2.20. The number of benzene rings is 2. The fourth-order valence-electron chi connectivity index (χ4n) is 3.52. The van der Waals surface area contributed by atoms with E-state index in [2.05, 4.69) is 5.32 Å². The van der Waals surface area contributed by atoms with E-state index in [1.54, 1.807) is 48.5 Å². The highest BCUT2D eigenvalue weighted by molar-refractivity contribution is 5.93. The predicted molar refractivity (Wildman–Crippen MR) is 105 cm³/mol. The van der Waals surface area contributed by atoms with Crippen LogP contribution in [0.2, 0.25) is 0 Å². The third kappa shape index (κ3) is 3.44. The van der Waals surface area contributed by atoms with Gasteiger partial charge in [-0.2, -0.15) is 0 Å². The Kier molecular flexibility index (Phi) is 4.99. The van der Waals surface area contributed by atoms with Crippen molar-refractivity contribution in [3.63, 3.8) is 0 Å². The fourth-order valence-corrected chi connectivity index (χ4v) is 3.52. The van der Waals surface area contributed by atoms with Crippen LogP contribution in [0.15, 0.2) is 65.5 Å². The van der Waals surface area contributed by atoms with Crippen molar-refractivity contribution in [2.45, 2.75) is 12.8 Å². The van der Waals surface area contributed by atoms with E-state index in [4.69, 9.17) is 0 Å². The maximum absolute atomic E-state index is 13.1. The van der Waals surface area contributed by atoms with Crippen molar-refractivity contribution in [3.8, 4) is 17.3 Å². The highest BCUT2D eigenvalue weighted by atomic mass is 16.3. The van der Waals surface area contributed by atoms with Crippen LogP contribution in [0, 0.1) is 0 Å². The second-order valence-corrected chi connectivity index (χ2v) is 6.81. The molecule has 4 rings (SSSR count). The van der Waals surface area contributed by atoms with Crippen LogP contribution < -0.4 is 16.0 Å². The SMILES string of the molecule is O=C(CN1CCCC1)Nc1c([O-])n(-c2ccccc2)n(-c2ccccc2)c1=O. The van der Waals surface area contributed by atoms with Crippen LogP contribution in [0.3, 0.4) is 0 Å². The molecule has 1 saturated heterocycles. The largest absolute Gasteiger partial charge is 0.857 e. The Morgan fingerprint density at radius 3 is 2.00 bits per heavy atom. The number of amides is 1.